The smallest absolute Gasteiger partial charge is 0.288 e. The van der Waals surface area contributed by atoms with Crippen molar-refractivity contribution >= 4 is 5.91 Å². The zero-order chi connectivity index (χ0) is 12.0. The molecule has 0 radical (unpaired) electrons. The molecule has 0 aromatic carbocycles. The van der Waals surface area contributed by atoms with Crippen LogP contribution in [0.1, 0.15) is 23.8 Å². The van der Waals surface area contributed by atoms with Crippen LogP contribution in [0.5, 0.6) is 5.75 Å². The fourth-order valence-electron chi connectivity index (χ4n) is 1.15. The van der Waals surface area contributed by atoms with Crippen LogP contribution in [-0.4, -0.2) is 36.6 Å². The van der Waals surface area contributed by atoms with Gasteiger partial charge in [0.05, 0.1) is 6.61 Å². The fraction of sp³-hybridized carbons (Fsp3) is 0.455. The van der Waals surface area contributed by atoms with Gasteiger partial charge in [-0.15, -0.1) is 0 Å². The van der Waals surface area contributed by atoms with E-state index in [0.29, 0.717) is 18.1 Å². The standard InChI is InChI=1S/C11H17N3O2/c1-4-8-16-9-6-5-7-12-10(9)11(15)13-14(2)3/h5-7H,4,8H2,1-3H3,(H,13,15). The van der Waals surface area contributed by atoms with E-state index in [1.165, 1.54) is 0 Å². The number of hydrogen-bond donors (Lipinski definition) is 1. The summed E-state index contributed by atoms with van der Waals surface area (Å²) in [7, 11) is 3.49. The van der Waals surface area contributed by atoms with Crippen LogP contribution < -0.4 is 10.2 Å². The molecule has 88 valence electrons. The molecule has 1 N–H and O–H groups in total. The Labute approximate surface area is 95.4 Å². The van der Waals surface area contributed by atoms with Gasteiger partial charge in [-0.25, -0.2) is 9.99 Å². The van der Waals surface area contributed by atoms with E-state index in [2.05, 4.69) is 10.4 Å². The Hall–Kier alpha value is -1.62. The molecular weight excluding hydrogens is 206 g/mol. The largest absolute Gasteiger partial charge is 0.491 e. The number of rotatable bonds is 5. The first-order valence-corrected chi connectivity index (χ1v) is 5.21. The quantitative estimate of drug-likeness (QED) is 0.759. The molecule has 0 aliphatic carbocycles. The Morgan fingerprint density at radius 2 is 2.31 bits per heavy atom. The third-order valence-corrected chi connectivity index (χ3v) is 1.77. The molecule has 0 fully saturated rings. The Morgan fingerprint density at radius 1 is 1.56 bits per heavy atom. The lowest BCUT2D eigenvalue weighted by Gasteiger charge is -2.13. The summed E-state index contributed by atoms with van der Waals surface area (Å²) in [4.78, 5) is 15.8. The summed E-state index contributed by atoms with van der Waals surface area (Å²) in [6.07, 6.45) is 2.47. The van der Waals surface area contributed by atoms with Gasteiger partial charge in [-0.2, -0.15) is 0 Å². The predicted molar refractivity (Wildman–Crippen MR) is 61.2 cm³/mol. The summed E-state index contributed by atoms with van der Waals surface area (Å²) < 4.78 is 5.45. The molecule has 0 aliphatic heterocycles. The van der Waals surface area contributed by atoms with E-state index in [0.717, 1.165) is 6.42 Å². The molecule has 0 saturated carbocycles. The van der Waals surface area contributed by atoms with Crippen LogP contribution in [0.4, 0.5) is 0 Å². The Morgan fingerprint density at radius 3 is 2.94 bits per heavy atom. The van der Waals surface area contributed by atoms with E-state index in [1.807, 2.05) is 6.92 Å². The van der Waals surface area contributed by atoms with Crippen molar-refractivity contribution in [1.29, 1.82) is 0 Å². The van der Waals surface area contributed by atoms with Gasteiger partial charge in [-0.1, -0.05) is 6.92 Å². The van der Waals surface area contributed by atoms with E-state index in [9.17, 15) is 4.79 Å². The van der Waals surface area contributed by atoms with E-state index < -0.39 is 0 Å². The van der Waals surface area contributed by atoms with Crippen molar-refractivity contribution in [3.05, 3.63) is 24.0 Å². The second-order valence-corrected chi connectivity index (χ2v) is 3.53. The van der Waals surface area contributed by atoms with Crippen molar-refractivity contribution < 1.29 is 9.53 Å². The maximum Gasteiger partial charge on any atom is 0.288 e. The highest BCUT2D eigenvalue weighted by Gasteiger charge is 2.13. The SMILES string of the molecule is CCCOc1cccnc1C(=O)NN(C)C. The van der Waals surface area contributed by atoms with E-state index in [-0.39, 0.29) is 5.91 Å². The second kappa shape index (κ2) is 6.07. The number of ether oxygens (including phenoxy) is 1. The molecule has 0 atom stereocenters. The normalized spacial score (nSPS) is 10.2. The van der Waals surface area contributed by atoms with Crippen molar-refractivity contribution in [3.8, 4) is 5.75 Å². The molecular formula is C11H17N3O2. The molecule has 0 saturated heterocycles. The molecule has 1 aromatic heterocycles. The Bertz CT molecular complexity index is 353. The van der Waals surface area contributed by atoms with Crippen molar-refractivity contribution in [2.75, 3.05) is 20.7 Å². The molecule has 16 heavy (non-hydrogen) atoms. The number of hydrazine groups is 1. The highest BCUT2D eigenvalue weighted by molar-refractivity contribution is 5.94. The first kappa shape index (κ1) is 12.4. The van der Waals surface area contributed by atoms with Crippen molar-refractivity contribution in [1.82, 2.24) is 15.4 Å². The summed E-state index contributed by atoms with van der Waals surface area (Å²) in [6, 6.07) is 3.49. The number of pyridine rings is 1. The van der Waals surface area contributed by atoms with Crippen LogP contribution in [0.25, 0.3) is 0 Å². The van der Waals surface area contributed by atoms with Crippen LogP contribution in [0, 0.1) is 0 Å². The topological polar surface area (TPSA) is 54.5 Å². The summed E-state index contributed by atoms with van der Waals surface area (Å²) >= 11 is 0. The average molecular weight is 223 g/mol. The predicted octanol–water partition coefficient (Wildman–Crippen LogP) is 1.08. The van der Waals surface area contributed by atoms with Gasteiger partial charge in [0.1, 0.15) is 0 Å². The van der Waals surface area contributed by atoms with E-state index in [1.54, 1.807) is 37.4 Å². The number of nitrogens with one attached hydrogen (secondary N) is 1. The van der Waals surface area contributed by atoms with Crippen LogP contribution >= 0.6 is 0 Å². The summed E-state index contributed by atoms with van der Waals surface area (Å²) in [5.74, 6) is 0.250. The lowest BCUT2D eigenvalue weighted by atomic mass is 10.3. The molecule has 5 heteroatoms. The van der Waals surface area contributed by atoms with Gasteiger partial charge < -0.3 is 4.74 Å². The molecule has 1 rings (SSSR count). The van der Waals surface area contributed by atoms with Crippen LogP contribution in [-0.2, 0) is 0 Å². The van der Waals surface area contributed by atoms with Crippen molar-refractivity contribution in [3.63, 3.8) is 0 Å². The van der Waals surface area contributed by atoms with Gasteiger partial charge in [-0.05, 0) is 18.6 Å². The fourth-order valence-corrected chi connectivity index (χ4v) is 1.15. The third-order valence-electron chi connectivity index (χ3n) is 1.77. The van der Waals surface area contributed by atoms with Crippen LogP contribution in [0.2, 0.25) is 0 Å². The number of nitrogens with zero attached hydrogens (tertiary/aromatic N) is 2. The van der Waals surface area contributed by atoms with E-state index in [4.69, 9.17) is 4.74 Å². The minimum Gasteiger partial charge on any atom is -0.491 e. The Balaban J connectivity index is 2.81. The van der Waals surface area contributed by atoms with Gasteiger partial charge in [0.2, 0.25) is 0 Å². The molecule has 1 aromatic rings. The molecule has 1 heterocycles. The zero-order valence-electron chi connectivity index (χ0n) is 9.86. The van der Waals surface area contributed by atoms with Gasteiger partial charge in [0.25, 0.3) is 5.91 Å². The van der Waals surface area contributed by atoms with Gasteiger partial charge in [-0.3, -0.25) is 10.2 Å². The van der Waals surface area contributed by atoms with Gasteiger partial charge in [0.15, 0.2) is 11.4 Å². The number of hydrogen-bond acceptors (Lipinski definition) is 4. The van der Waals surface area contributed by atoms with Gasteiger partial charge in [0, 0.05) is 20.3 Å². The maximum atomic E-state index is 11.7. The molecule has 0 aliphatic rings. The molecule has 5 nitrogen and oxygen atoms in total. The van der Waals surface area contributed by atoms with Crippen molar-refractivity contribution in [2.45, 2.75) is 13.3 Å². The zero-order valence-corrected chi connectivity index (χ0v) is 9.86. The Kier molecular flexibility index (Phi) is 4.72. The average Bonchev–Trinajstić information content (AvgIpc) is 2.25. The summed E-state index contributed by atoms with van der Waals surface area (Å²) in [6.45, 7) is 2.59. The monoisotopic (exact) mass is 223 g/mol. The first-order valence-electron chi connectivity index (χ1n) is 5.21. The van der Waals surface area contributed by atoms with Crippen molar-refractivity contribution in [2.24, 2.45) is 0 Å². The first-order chi connectivity index (χ1) is 7.65. The van der Waals surface area contributed by atoms with Crippen LogP contribution in [0.15, 0.2) is 18.3 Å². The van der Waals surface area contributed by atoms with Crippen LogP contribution in [0.3, 0.4) is 0 Å². The lowest BCUT2D eigenvalue weighted by molar-refractivity contribution is 0.0847. The minimum atomic E-state index is -0.267. The molecule has 0 unspecified atom stereocenters. The van der Waals surface area contributed by atoms with E-state index >= 15 is 0 Å². The minimum absolute atomic E-state index is 0.267. The molecule has 1 amide bonds. The lowest BCUT2D eigenvalue weighted by Crippen LogP contribution is -2.36. The number of carbonyl (C=O) groups excluding carboxylic acids is 1. The number of carbonyl (C=O) groups is 1. The summed E-state index contributed by atoms with van der Waals surface area (Å²) in [5, 5.41) is 1.57. The maximum absolute atomic E-state index is 11.7. The molecule has 0 spiro atoms. The summed E-state index contributed by atoms with van der Waals surface area (Å²) in [5.41, 5.74) is 2.94. The highest BCUT2D eigenvalue weighted by Crippen LogP contribution is 2.15. The third kappa shape index (κ3) is 3.51. The second-order valence-electron chi connectivity index (χ2n) is 3.53. The highest BCUT2D eigenvalue weighted by atomic mass is 16.5. The number of amides is 1. The molecule has 0 bridgehead atoms. The van der Waals surface area contributed by atoms with Gasteiger partial charge >= 0.3 is 0 Å². The number of aromatic nitrogens is 1.